The fraction of sp³-hybridized carbons (Fsp3) is 0.0312. The van der Waals surface area contributed by atoms with Gasteiger partial charge in [-0.3, -0.25) is 14.4 Å². The lowest BCUT2D eigenvalue weighted by Gasteiger charge is -2.12. The largest absolute Gasteiger partial charge is 0.321 e. The standard InChI is InChI=1S/C32H25BrN2O3/c1-22-8-5-6-12-26(22)21-29(35-31(37)25-10-3-2-4-11-25)32(38)34-28-17-15-24(16-18-28)30(36)19-14-23-9-7-13-27(33)20-23/h2-21H,1H3,(H,34,38)(H,35,37)/b19-14+,29-21-. The predicted octanol–water partition coefficient (Wildman–Crippen LogP) is 7.06. The summed E-state index contributed by atoms with van der Waals surface area (Å²) in [5.74, 6) is -1.02. The molecule has 2 N–H and O–H groups in total. The van der Waals surface area contributed by atoms with Gasteiger partial charge in [-0.2, -0.15) is 0 Å². The molecule has 5 nitrogen and oxygen atoms in total. The summed E-state index contributed by atoms with van der Waals surface area (Å²) in [6.45, 7) is 1.93. The number of ketones is 1. The van der Waals surface area contributed by atoms with Crippen LogP contribution < -0.4 is 10.6 Å². The molecular formula is C32H25BrN2O3. The molecule has 6 heteroatoms. The molecule has 0 fully saturated rings. The van der Waals surface area contributed by atoms with Crippen molar-refractivity contribution in [2.45, 2.75) is 6.92 Å². The summed E-state index contributed by atoms with van der Waals surface area (Å²) in [7, 11) is 0. The van der Waals surface area contributed by atoms with Crippen LogP contribution in [0.1, 0.15) is 37.4 Å². The lowest BCUT2D eigenvalue weighted by Crippen LogP contribution is -2.30. The first-order valence-electron chi connectivity index (χ1n) is 11.9. The molecule has 4 rings (SSSR count). The van der Waals surface area contributed by atoms with Gasteiger partial charge in [0.1, 0.15) is 5.70 Å². The normalized spacial score (nSPS) is 11.3. The number of carbonyl (C=O) groups is 3. The molecule has 188 valence electrons. The Labute approximate surface area is 230 Å². The first-order valence-corrected chi connectivity index (χ1v) is 12.7. The van der Waals surface area contributed by atoms with Gasteiger partial charge in [0.05, 0.1) is 0 Å². The highest BCUT2D eigenvalue weighted by atomic mass is 79.9. The lowest BCUT2D eigenvalue weighted by atomic mass is 10.1. The minimum absolute atomic E-state index is 0.102. The second-order valence-corrected chi connectivity index (χ2v) is 9.43. The smallest absolute Gasteiger partial charge is 0.272 e. The van der Waals surface area contributed by atoms with Gasteiger partial charge in [0.2, 0.25) is 0 Å². The zero-order valence-corrected chi connectivity index (χ0v) is 22.2. The quantitative estimate of drug-likeness (QED) is 0.177. The second kappa shape index (κ2) is 12.6. The molecule has 2 amide bonds. The van der Waals surface area contributed by atoms with Crippen LogP contribution in [0.4, 0.5) is 5.69 Å². The second-order valence-electron chi connectivity index (χ2n) is 8.52. The molecule has 0 atom stereocenters. The van der Waals surface area contributed by atoms with Gasteiger partial charge in [-0.25, -0.2) is 0 Å². The molecule has 0 bridgehead atoms. The number of allylic oxidation sites excluding steroid dienone is 1. The van der Waals surface area contributed by atoms with Crippen LogP contribution in [-0.2, 0) is 4.79 Å². The van der Waals surface area contributed by atoms with Crippen molar-refractivity contribution in [1.29, 1.82) is 0 Å². The molecule has 0 radical (unpaired) electrons. The Morgan fingerprint density at radius 3 is 2.18 bits per heavy atom. The Bertz CT molecular complexity index is 1520. The zero-order chi connectivity index (χ0) is 26.9. The van der Waals surface area contributed by atoms with Gasteiger partial charge in [0, 0.05) is 21.3 Å². The van der Waals surface area contributed by atoms with Gasteiger partial charge in [0.15, 0.2) is 5.78 Å². The average Bonchev–Trinajstić information content (AvgIpc) is 2.93. The van der Waals surface area contributed by atoms with E-state index < -0.39 is 11.8 Å². The maximum Gasteiger partial charge on any atom is 0.272 e. The molecule has 4 aromatic rings. The summed E-state index contributed by atoms with van der Waals surface area (Å²) in [5.41, 5.74) is 4.20. The number of rotatable bonds is 8. The van der Waals surface area contributed by atoms with Crippen LogP contribution in [0.15, 0.2) is 119 Å². The van der Waals surface area contributed by atoms with Crippen LogP contribution in [0.25, 0.3) is 12.2 Å². The van der Waals surface area contributed by atoms with E-state index in [4.69, 9.17) is 0 Å². The van der Waals surface area contributed by atoms with E-state index in [1.165, 1.54) is 6.08 Å². The molecule has 0 unspecified atom stereocenters. The number of carbonyl (C=O) groups excluding carboxylic acids is 3. The van der Waals surface area contributed by atoms with Crippen molar-refractivity contribution in [3.05, 3.63) is 147 Å². The van der Waals surface area contributed by atoms with E-state index in [9.17, 15) is 14.4 Å². The maximum atomic E-state index is 13.2. The van der Waals surface area contributed by atoms with Crippen molar-refractivity contribution in [3.8, 4) is 0 Å². The van der Waals surface area contributed by atoms with Gasteiger partial charge in [0.25, 0.3) is 11.8 Å². The molecular weight excluding hydrogens is 540 g/mol. The SMILES string of the molecule is Cc1ccccc1/C=C(\NC(=O)c1ccccc1)C(=O)Nc1ccc(C(=O)/C=C/c2cccc(Br)c2)cc1. The monoisotopic (exact) mass is 564 g/mol. The van der Waals surface area contributed by atoms with Gasteiger partial charge < -0.3 is 10.6 Å². The Morgan fingerprint density at radius 1 is 0.763 bits per heavy atom. The number of hydrogen-bond donors (Lipinski definition) is 2. The van der Waals surface area contributed by atoms with Crippen LogP contribution >= 0.6 is 15.9 Å². The number of hydrogen-bond acceptors (Lipinski definition) is 3. The molecule has 0 heterocycles. The number of amides is 2. The number of anilines is 1. The summed E-state index contributed by atoms with van der Waals surface area (Å²) in [6.07, 6.45) is 4.91. The van der Waals surface area contributed by atoms with Crippen molar-refractivity contribution < 1.29 is 14.4 Å². The minimum Gasteiger partial charge on any atom is -0.321 e. The zero-order valence-electron chi connectivity index (χ0n) is 20.6. The maximum absolute atomic E-state index is 13.2. The van der Waals surface area contributed by atoms with Crippen molar-refractivity contribution in [3.63, 3.8) is 0 Å². The van der Waals surface area contributed by atoms with E-state index in [0.29, 0.717) is 16.8 Å². The summed E-state index contributed by atoms with van der Waals surface area (Å²) >= 11 is 3.42. The van der Waals surface area contributed by atoms with Crippen molar-refractivity contribution in [2.75, 3.05) is 5.32 Å². The third-order valence-electron chi connectivity index (χ3n) is 5.72. The minimum atomic E-state index is -0.480. The Hall–Kier alpha value is -4.55. The molecule has 4 aromatic carbocycles. The van der Waals surface area contributed by atoms with Gasteiger partial charge in [-0.1, -0.05) is 76.6 Å². The lowest BCUT2D eigenvalue weighted by molar-refractivity contribution is -0.113. The van der Waals surface area contributed by atoms with Crippen LogP contribution in [0, 0.1) is 6.92 Å². The molecule has 0 aliphatic carbocycles. The highest BCUT2D eigenvalue weighted by Crippen LogP contribution is 2.17. The summed E-state index contributed by atoms with van der Waals surface area (Å²) in [4.78, 5) is 38.6. The highest BCUT2D eigenvalue weighted by Gasteiger charge is 2.16. The third kappa shape index (κ3) is 7.24. The highest BCUT2D eigenvalue weighted by molar-refractivity contribution is 9.10. The number of nitrogens with one attached hydrogen (secondary N) is 2. The topological polar surface area (TPSA) is 75.3 Å². The molecule has 0 spiro atoms. The first kappa shape index (κ1) is 26.5. The molecule has 0 aromatic heterocycles. The number of halogens is 1. The van der Waals surface area contributed by atoms with Gasteiger partial charge >= 0.3 is 0 Å². The van der Waals surface area contributed by atoms with Crippen LogP contribution in [0.5, 0.6) is 0 Å². The number of benzene rings is 4. The van der Waals surface area contributed by atoms with E-state index in [1.54, 1.807) is 60.7 Å². The van der Waals surface area contributed by atoms with E-state index in [-0.39, 0.29) is 11.5 Å². The van der Waals surface area contributed by atoms with Gasteiger partial charge in [-0.15, -0.1) is 0 Å². The van der Waals surface area contributed by atoms with Crippen molar-refractivity contribution in [2.24, 2.45) is 0 Å². The van der Waals surface area contributed by atoms with Crippen molar-refractivity contribution >= 4 is 51.4 Å². The average molecular weight is 565 g/mol. The predicted molar refractivity (Wildman–Crippen MR) is 156 cm³/mol. The Balaban J connectivity index is 1.50. The molecule has 0 saturated carbocycles. The van der Waals surface area contributed by atoms with Gasteiger partial charge in [-0.05, 0) is 84.3 Å². The van der Waals surface area contributed by atoms with E-state index in [0.717, 1.165) is 21.2 Å². The third-order valence-corrected chi connectivity index (χ3v) is 6.21. The Kier molecular flexibility index (Phi) is 8.80. The first-order chi connectivity index (χ1) is 18.4. The number of aryl methyl sites for hydroxylation is 1. The van der Waals surface area contributed by atoms with Crippen LogP contribution in [0.3, 0.4) is 0 Å². The molecule has 0 aliphatic rings. The van der Waals surface area contributed by atoms with Crippen LogP contribution in [0.2, 0.25) is 0 Å². The molecule has 38 heavy (non-hydrogen) atoms. The fourth-order valence-electron chi connectivity index (χ4n) is 3.64. The van der Waals surface area contributed by atoms with E-state index in [1.807, 2.05) is 61.5 Å². The Morgan fingerprint density at radius 2 is 1.47 bits per heavy atom. The van der Waals surface area contributed by atoms with E-state index in [2.05, 4.69) is 26.6 Å². The fourth-order valence-corrected chi connectivity index (χ4v) is 4.06. The van der Waals surface area contributed by atoms with Crippen molar-refractivity contribution in [1.82, 2.24) is 5.32 Å². The van der Waals surface area contributed by atoms with E-state index >= 15 is 0 Å². The molecule has 0 aliphatic heterocycles. The molecule has 0 saturated heterocycles. The summed E-state index contributed by atoms with van der Waals surface area (Å²) < 4.78 is 0.933. The summed E-state index contributed by atoms with van der Waals surface area (Å²) in [5, 5.41) is 5.55. The summed E-state index contributed by atoms with van der Waals surface area (Å²) in [6, 6.07) is 30.5. The van der Waals surface area contributed by atoms with Crippen LogP contribution in [-0.4, -0.2) is 17.6 Å².